The summed E-state index contributed by atoms with van der Waals surface area (Å²) in [5.41, 5.74) is 9.14. The second-order valence-corrected chi connectivity index (χ2v) is 9.85. The van der Waals surface area contributed by atoms with Crippen molar-refractivity contribution in [3.8, 4) is 11.3 Å². The number of nitrogens with one attached hydrogen (secondary N) is 1. The molecule has 3 aromatic rings. The van der Waals surface area contributed by atoms with Gasteiger partial charge in [0.15, 0.2) is 0 Å². The lowest BCUT2D eigenvalue weighted by atomic mass is 9.68. The highest BCUT2D eigenvalue weighted by molar-refractivity contribution is 6.30. The quantitative estimate of drug-likeness (QED) is 0.304. The first-order valence-corrected chi connectivity index (χ1v) is 12.8. The number of rotatable bonds is 9. The molecule has 0 radical (unpaired) electrons. The second kappa shape index (κ2) is 16.2. The van der Waals surface area contributed by atoms with Gasteiger partial charge in [0.05, 0.1) is 11.7 Å². The molecule has 1 fully saturated rings. The van der Waals surface area contributed by atoms with E-state index in [1.54, 1.807) is 30.0 Å². The zero-order chi connectivity index (χ0) is 25.5. The van der Waals surface area contributed by atoms with Gasteiger partial charge in [0, 0.05) is 54.4 Å². The van der Waals surface area contributed by atoms with Crippen LogP contribution < -0.4 is 16.6 Å². The monoisotopic (exact) mass is 616 g/mol. The smallest absolute Gasteiger partial charge is 0.267 e. The number of ether oxygens (including phenoxy) is 1. The average molecular weight is 618 g/mol. The molecule has 1 aliphatic rings. The Labute approximate surface area is 253 Å². The van der Waals surface area contributed by atoms with Gasteiger partial charge in [-0.1, -0.05) is 35.9 Å². The number of carbonyl (C=O) groups is 1. The molecular weight excluding hydrogens is 582 g/mol. The van der Waals surface area contributed by atoms with Gasteiger partial charge in [0.1, 0.15) is 0 Å². The number of halogens is 4. The lowest BCUT2D eigenvalue weighted by Crippen LogP contribution is -2.41. The molecule has 11 heteroatoms. The van der Waals surface area contributed by atoms with Crippen molar-refractivity contribution < 1.29 is 9.53 Å². The molecule has 0 atom stereocenters. The predicted molar refractivity (Wildman–Crippen MR) is 164 cm³/mol. The highest BCUT2D eigenvalue weighted by atomic mass is 35.5. The molecule has 7 nitrogen and oxygen atoms in total. The molecule has 0 unspecified atom stereocenters. The van der Waals surface area contributed by atoms with Crippen LogP contribution in [0.4, 0.5) is 0 Å². The SMILES string of the molecule is COCCCNC(=O)c1cccc(-c2ccc(=O)n([C@H]3CC[C@](CN)(c4cccc(Cl)c4)CC3)n2)c1.Cl.Cl.Cl. The van der Waals surface area contributed by atoms with E-state index >= 15 is 0 Å². The van der Waals surface area contributed by atoms with Crippen molar-refractivity contribution in [1.29, 1.82) is 0 Å². The van der Waals surface area contributed by atoms with Gasteiger partial charge >= 0.3 is 0 Å². The summed E-state index contributed by atoms with van der Waals surface area (Å²) in [7, 11) is 1.64. The molecule has 0 saturated heterocycles. The number of aromatic nitrogens is 2. The van der Waals surface area contributed by atoms with Crippen LogP contribution in [0.1, 0.15) is 54.1 Å². The minimum absolute atomic E-state index is 0. The molecule has 1 aromatic heterocycles. The Morgan fingerprint density at radius 1 is 1.10 bits per heavy atom. The number of carbonyl (C=O) groups excluding carboxylic acids is 1. The maximum Gasteiger partial charge on any atom is 0.267 e. The highest BCUT2D eigenvalue weighted by Crippen LogP contribution is 2.42. The van der Waals surface area contributed by atoms with Crippen LogP contribution in [0, 0.1) is 0 Å². The third-order valence-electron chi connectivity index (χ3n) is 7.14. The van der Waals surface area contributed by atoms with Crippen molar-refractivity contribution in [2.45, 2.75) is 43.6 Å². The van der Waals surface area contributed by atoms with Crippen molar-refractivity contribution in [2.75, 3.05) is 26.8 Å². The molecular formula is C28H36Cl4N4O3. The summed E-state index contributed by atoms with van der Waals surface area (Å²) in [6.45, 7) is 1.67. The van der Waals surface area contributed by atoms with Crippen LogP contribution in [0.25, 0.3) is 11.3 Å². The summed E-state index contributed by atoms with van der Waals surface area (Å²) in [5.74, 6) is -0.146. The number of benzene rings is 2. The first-order chi connectivity index (χ1) is 17.5. The van der Waals surface area contributed by atoms with E-state index in [1.807, 2.05) is 36.4 Å². The average Bonchev–Trinajstić information content (AvgIpc) is 2.91. The molecule has 0 spiro atoms. The van der Waals surface area contributed by atoms with Gasteiger partial charge < -0.3 is 15.8 Å². The number of hydrogen-bond donors (Lipinski definition) is 2. The van der Waals surface area contributed by atoms with E-state index in [1.165, 1.54) is 0 Å². The fraction of sp³-hybridized carbons (Fsp3) is 0.393. The Balaban J connectivity index is 0.00000253. The summed E-state index contributed by atoms with van der Waals surface area (Å²) in [4.78, 5) is 25.3. The van der Waals surface area contributed by atoms with Crippen molar-refractivity contribution in [1.82, 2.24) is 15.1 Å². The van der Waals surface area contributed by atoms with E-state index in [4.69, 9.17) is 27.2 Å². The Bertz CT molecular complexity index is 1260. The van der Waals surface area contributed by atoms with Gasteiger partial charge in [0.25, 0.3) is 11.5 Å². The predicted octanol–water partition coefficient (Wildman–Crippen LogP) is 5.61. The van der Waals surface area contributed by atoms with Crippen LogP contribution in [-0.2, 0) is 10.2 Å². The Kier molecular flexibility index (Phi) is 14.5. The van der Waals surface area contributed by atoms with E-state index in [9.17, 15) is 9.59 Å². The summed E-state index contributed by atoms with van der Waals surface area (Å²) >= 11 is 6.25. The summed E-state index contributed by atoms with van der Waals surface area (Å²) < 4.78 is 6.63. The van der Waals surface area contributed by atoms with Crippen LogP contribution in [-0.4, -0.2) is 42.5 Å². The normalized spacial score (nSPS) is 18.2. The molecule has 1 amide bonds. The number of nitrogens with two attached hydrogens (primary N) is 1. The molecule has 1 saturated carbocycles. The minimum Gasteiger partial charge on any atom is -0.385 e. The summed E-state index contributed by atoms with van der Waals surface area (Å²) in [5, 5.41) is 8.33. The Morgan fingerprint density at radius 2 is 1.82 bits per heavy atom. The van der Waals surface area contributed by atoms with Crippen molar-refractivity contribution in [2.24, 2.45) is 5.73 Å². The van der Waals surface area contributed by atoms with Crippen LogP contribution in [0.15, 0.2) is 65.5 Å². The molecule has 1 aliphatic carbocycles. The van der Waals surface area contributed by atoms with Crippen molar-refractivity contribution in [3.05, 3.63) is 87.2 Å². The number of amides is 1. The molecule has 214 valence electrons. The van der Waals surface area contributed by atoms with E-state index < -0.39 is 0 Å². The summed E-state index contributed by atoms with van der Waals surface area (Å²) in [6.07, 6.45) is 4.05. The standard InChI is InChI=1S/C28H33ClN4O3.3ClH/c1-36-16-4-15-31-27(35)21-6-2-5-20(17-21)25-9-10-26(34)33(32-25)24-11-13-28(19-30,14-12-24)22-7-3-8-23(29)18-22;;;/h2-3,5-10,17-18,24H,4,11-16,19,30H2,1H3,(H,31,35);3*1H/t24-,28-;;;. The van der Waals surface area contributed by atoms with Gasteiger partial charge in [-0.25, -0.2) is 4.68 Å². The zero-order valence-electron chi connectivity index (χ0n) is 21.8. The number of nitrogens with zero attached hydrogens (tertiary/aromatic N) is 2. The zero-order valence-corrected chi connectivity index (χ0v) is 25.0. The van der Waals surface area contributed by atoms with Crippen molar-refractivity contribution in [3.63, 3.8) is 0 Å². The first-order valence-electron chi connectivity index (χ1n) is 12.4. The highest BCUT2D eigenvalue weighted by Gasteiger charge is 2.37. The van der Waals surface area contributed by atoms with Crippen LogP contribution >= 0.6 is 48.8 Å². The number of hydrogen-bond acceptors (Lipinski definition) is 5. The van der Waals surface area contributed by atoms with Crippen LogP contribution in [0.5, 0.6) is 0 Å². The third kappa shape index (κ3) is 8.43. The summed E-state index contributed by atoms with van der Waals surface area (Å²) in [6, 6.07) is 18.5. The molecule has 0 bridgehead atoms. The lowest BCUT2D eigenvalue weighted by molar-refractivity contribution is 0.0948. The molecule has 2 aromatic carbocycles. The van der Waals surface area contributed by atoms with E-state index in [2.05, 4.69) is 11.4 Å². The number of methoxy groups -OCH3 is 1. The Hall–Kier alpha value is -2.13. The van der Waals surface area contributed by atoms with Gasteiger partial charge in [-0.05, 0) is 68.0 Å². The molecule has 1 heterocycles. The van der Waals surface area contributed by atoms with E-state index in [0.717, 1.165) is 43.2 Å². The van der Waals surface area contributed by atoms with Crippen molar-refractivity contribution >= 4 is 54.7 Å². The molecule has 4 rings (SSSR count). The van der Waals surface area contributed by atoms with Gasteiger partial charge in [0.2, 0.25) is 0 Å². The van der Waals surface area contributed by atoms with E-state index in [0.29, 0.717) is 36.0 Å². The molecule has 39 heavy (non-hydrogen) atoms. The van der Waals surface area contributed by atoms with Gasteiger partial charge in [-0.15, -0.1) is 37.2 Å². The fourth-order valence-electron chi connectivity index (χ4n) is 5.01. The maximum absolute atomic E-state index is 12.8. The topological polar surface area (TPSA) is 99.2 Å². The van der Waals surface area contributed by atoms with Crippen LogP contribution in [0.2, 0.25) is 5.02 Å². The van der Waals surface area contributed by atoms with Crippen LogP contribution in [0.3, 0.4) is 0 Å². The first kappa shape index (κ1) is 34.9. The largest absolute Gasteiger partial charge is 0.385 e. The van der Waals surface area contributed by atoms with E-state index in [-0.39, 0.29) is 60.1 Å². The molecule has 3 N–H and O–H groups in total. The molecule has 0 aliphatic heterocycles. The van der Waals surface area contributed by atoms with Gasteiger partial charge in [-0.2, -0.15) is 5.10 Å². The Morgan fingerprint density at radius 3 is 2.49 bits per heavy atom. The fourth-order valence-corrected chi connectivity index (χ4v) is 5.20. The minimum atomic E-state index is -0.146. The van der Waals surface area contributed by atoms with Gasteiger partial charge in [-0.3, -0.25) is 9.59 Å². The maximum atomic E-state index is 12.8. The lowest BCUT2D eigenvalue weighted by Gasteiger charge is -2.40. The third-order valence-corrected chi connectivity index (χ3v) is 7.38. The second-order valence-electron chi connectivity index (χ2n) is 9.41.